The van der Waals surface area contributed by atoms with Gasteiger partial charge in [-0.2, -0.15) is 0 Å². The summed E-state index contributed by atoms with van der Waals surface area (Å²) in [6, 6.07) is 7.73. The molecular weight excluding hydrogens is 300 g/mol. The van der Waals surface area contributed by atoms with Crippen molar-refractivity contribution >= 4 is 22.8 Å². The third-order valence-electron chi connectivity index (χ3n) is 3.23. The molecule has 0 saturated carbocycles. The zero-order valence-electron chi connectivity index (χ0n) is 12.9. The number of benzene rings is 1. The van der Waals surface area contributed by atoms with Crippen LogP contribution < -0.4 is 16.1 Å². The number of nitrogens with two attached hydrogens (primary N) is 1. The van der Waals surface area contributed by atoms with Gasteiger partial charge in [0, 0.05) is 23.6 Å². The van der Waals surface area contributed by atoms with Gasteiger partial charge >= 0.3 is 5.63 Å². The van der Waals surface area contributed by atoms with Crippen molar-refractivity contribution < 1.29 is 18.7 Å². The molecule has 122 valence electrons. The number of amides is 2. The molecular formula is C16H18N2O5. The van der Waals surface area contributed by atoms with Crippen molar-refractivity contribution in [2.24, 2.45) is 5.73 Å². The lowest BCUT2D eigenvalue weighted by Gasteiger charge is -2.25. The zero-order valence-corrected chi connectivity index (χ0v) is 12.9. The van der Waals surface area contributed by atoms with Crippen molar-refractivity contribution in [2.45, 2.75) is 19.9 Å². The Kier molecular flexibility index (Phi) is 5.00. The summed E-state index contributed by atoms with van der Waals surface area (Å²) >= 11 is 0. The molecule has 0 radical (unpaired) electrons. The van der Waals surface area contributed by atoms with Crippen molar-refractivity contribution in [1.82, 2.24) is 4.90 Å². The van der Waals surface area contributed by atoms with Crippen LogP contribution >= 0.6 is 0 Å². The Bertz CT molecular complexity index is 781. The molecule has 0 spiro atoms. The van der Waals surface area contributed by atoms with E-state index in [4.69, 9.17) is 14.9 Å². The molecule has 1 aromatic heterocycles. The van der Waals surface area contributed by atoms with E-state index in [9.17, 15) is 14.4 Å². The summed E-state index contributed by atoms with van der Waals surface area (Å²) in [6.07, 6.45) is 0. The van der Waals surface area contributed by atoms with Crippen LogP contribution in [0.25, 0.3) is 11.0 Å². The second kappa shape index (κ2) is 6.95. The maximum atomic E-state index is 12.1. The molecule has 0 aliphatic rings. The summed E-state index contributed by atoms with van der Waals surface area (Å²) in [5.74, 6) is -0.545. The summed E-state index contributed by atoms with van der Waals surface area (Å²) in [5, 5.41) is 0.751. The quantitative estimate of drug-likeness (QED) is 0.797. The fraction of sp³-hybridized carbons (Fsp3) is 0.312. The van der Waals surface area contributed by atoms with Gasteiger partial charge in [-0.15, -0.1) is 0 Å². The Morgan fingerprint density at radius 1 is 1.26 bits per heavy atom. The number of ether oxygens (including phenoxy) is 1. The molecule has 2 aromatic rings. The fourth-order valence-corrected chi connectivity index (χ4v) is 2.09. The van der Waals surface area contributed by atoms with E-state index in [2.05, 4.69) is 0 Å². The first-order chi connectivity index (χ1) is 10.9. The number of fused-ring (bicyclic) bond motifs is 1. The number of primary amides is 1. The molecule has 0 unspecified atom stereocenters. The molecule has 7 heteroatoms. The second-order valence-corrected chi connectivity index (χ2v) is 5.32. The standard InChI is InChI=1S/C16H18N2O5/c1-10(2)18(8-14(17)19)15(20)9-22-12-5-3-11-4-6-16(21)23-13(11)7-12/h3-7,10H,8-9H2,1-2H3,(H2,17,19). The van der Waals surface area contributed by atoms with Gasteiger partial charge in [-0.25, -0.2) is 4.79 Å². The van der Waals surface area contributed by atoms with Crippen LogP contribution in [-0.4, -0.2) is 35.9 Å². The van der Waals surface area contributed by atoms with Gasteiger partial charge in [-0.1, -0.05) is 0 Å². The first-order valence-corrected chi connectivity index (χ1v) is 7.11. The van der Waals surface area contributed by atoms with Crippen molar-refractivity contribution in [3.05, 3.63) is 40.8 Å². The van der Waals surface area contributed by atoms with Crippen LogP contribution in [0.3, 0.4) is 0 Å². The lowest BCUT2D eigenvalue weighted by atomic mass is 10.2. The van der Waals surface area contributed by atoms with E-state index in [-0.39, 0.29) is 25.1 Å². The Morgan fingerprint density at radius 3 is 2.61 bits per heavy atom. The van der Waals surface area contributed by atoms with Crippen LogP contribution in [-0.2, 0) is 9.59 Å². The highest BCUT2D eigenvalue weighted by Crippen LogP contribution is 2.19. The third kappa shape index (κ3) is 4.32. The average molecular weight is 318 g/mol. The fourth-order valence-electron chi connectivity index (χ4n) is 2.09. The Labute approximate surface area is 132 Å². The molecule has 0 saturated heterocycles. The Balaban J connectivity index is 2.08. The number of nitrogens with zero attached hydrogens (tertiary/aromatic N) is 1. The van der Waals surface area contributed by atoms with E-state index in [0.29, 0.717) is 11.3 Å². The molecule has 0 bridgehead atoms. The summed E-state index contributed by atoms with van der Waals surface area (Å²) < 4.78 is 10.5. The third-order valence-corrected chi connectivity index (χ3v) is 3.23. The van der Waals surface area contributed by atoms with E-state index < -0.39 is 11.5 Å². The van der Waals surface area contributed by atoms with Crippen LogP contribution in [0.1, 0.15) is 13.8 Å². The number of hydrogen-bond donors (Lipinski definition) is 1. The van der Waals surface area contributed by atoms with E-state index in [1.807, 2.05) is 0 Å². The molecule has 1 heterocycles. The monoisotopic (exact) mass is 318 g/mol. The summed E-state index contributed by atoms with van der Waals surface area (Å²) in [6.45, 7) is 3.16. The molecule has 2 N–H and O–H groups in total. The van der Waals surface area contributed by atoms with Crippen LogP contribution in [0.5, 0.6) is 5.75 Å². The van der Waals surface area contributed by atoms with Crippen LogP contribution in [0.15, 0.2) is 39.5 Å². The van der Waals surface area contributed by atoms with Gasteiger partial charge in [0.1, 0.15) is 11.3 Å². The smallest absolute Gasteiger partial charge is 0.336 e. The van der Waals surface area contributed by atoms with Gasteiger partial charge in [0.2, 0.25) is 5.91 Å². The van der Waals surface area contributed by atoms with Gasteiger partial charge < -0.3 is 19.8 Å². The van der Waals surface area contributed by atoms with Gasteiger partial charge in [-0.05, 0) is 32.0 Å². The molecule has 0 aliphatic carbocycles. The summed E-state index contributed by atoms with van der Waals surface area (Å²) in [4.78, 5) is 35.7. The topological polar surface area (TPSA) is 103 Å². The van der Waals surface area contributed by atoms with Crippen molar-refractivity contribution in [3.8, 4) is 5.75 Å². The van der Waals surface area contributed by atoms with Crippen LogP contribution in [0.4, 0.5) is 0 Å². The molecule has 0 atom stereocenters. The van der Waals surface area contributed by atoms with Crippen molar-refractivity contribution in [1.29, 1.82) is 0 Å². The summed E-state index contributed by atoms with van der Waals surface area (Å²) in [5.41, 5.74) is 5.05. The number of rotatable bonds is 6. The predicted molar refractivity (Wildman–Crippen MR) is 84.0 cm³/mol. The molecule has 0 aliphatic heterocycles. The van der Waals surface area contributed by atoms with Gasteiger partial charge in [-0.3, -0.25) is 9.59 Å². The largest absolute Gasteiger partial charge is 0.484 e. The maximum Gasteiger partial charge on any atom is 0.336 e. The highest BCUT2D eigenvalue weighted by atomic mass is 16.5. The molecule has 1 aromatic carbocycles. The number of carbonyl (C=O) groups excluding carboxylic acids is 2. The normalized spacial score (nSPS) is 10.7. The maximum absolute atomic E-state index is 12.1. The number of hydrogen-bond acceptors (Lipinski definition) is 5. The molecule has 2 amide bonds. The predicted octanol–water partition coefficient (Wildman–Crippen LogP) is 0.894. The average Bonchev–Trinajstić information content (AvgIpc) is 2.49. The zero-order chi connectivity index (χ0) is 17.0. The Hall–Kier alpha value is -2.83. The molecule has 7 nitrogen and oxygen atoms in total. The Morgan fingerprint density at radius 2 is 1.96 bits per heavy atom. The first kappa shape index (κ1) is 16.5. The summed E-state index contributed by atoms with van der Waals surface area (Å²) in [7, 11) is 0. The van der Waals surface area contributed by atoms with E-state index >= 15 is 0 Å². The molecule has 0 fully saturated rings. The lowest BCUT2D eigenvalue weighted by molar-refractivity contribution is -0.138. The van der Waals surface area contributed by atoms with E-state index in [0.717, 1.165) is 5.39 Å². The van der Waals surface area contributed by atoms with Crippen molar-refractivity contribution in [3.63, 3.8) is 0 Å². The highest BCUT2D eigenvalue weighted by Gasteiger charge is 2.19. The minimum absolute atomic E-state index is 0.160. The number of carbonyl (C=O) groups is 2. The van der Waals surface area contributed by atoms with E-state index in [1.54, 1.807) is 32.0 Å². The SMILES string of the molecule is CC(C)N(CC(N)=O)C(=O)COc1ccc2ccc(=O)oc2c1. The van der Waals surface area contributed by atoms with Gasteiger partial charge in [0.25, 0.3) is 5.91 Å². The van der Waals surface area contributed by atoms with Gasteiger partial charge in [0.15, 0.2) is 6.61 Å². The second-order valence-electron chi connectivity index (χ2n) is 5.32. The van der Waals surface area contributed by atoms with Crippen LogP contribution in [0, 0.1) is 0 Å². The van der Waals surface area contributed by atoms with Crippen LogP contribution in [0.2, 0.25) is 0 Å². The van der Waals surface area contributed by atoms with E-state index in [1.165, 1.54) is 17.0 Å². The lowest BCUT2D eigenvalue weighted by Crippen LogP contribution is -2.44. The minimum atomic E-state index is -0.584. The minimum Gasteiger partial charge on any atom is -0.484 e. The highest BCUT2D eigenvalue weighted by molar-refractivity contribution is 5.85. The first-order valence-electron chi connectivity index (χ1n) is 7.11. The molecule has 2 rings (SSSR count). The van der Waals surface area contributed by atoms with Crippen molar-refractivity contribution in [2.75, 3.05) is 13.2 Å². The van der Waals surface area contributed by atoms with Gasteiger partial charge in [0.05, 0.1) is 6.54 Å². The molecule has 23 heavy (non-hydrogen) atoms.